The van der Waals surface area contributed by atoms with Crippen LogP contribution in [0.3, 0.4) is 0 Å². The minimum atomic E-state index is -0.403. The lowest BCUT2D eigenvalue weighted by Gasteiger charge is -2.15. The highest BCUT2D eigenvalue weighted by Gasteiger charge is 2.29. The molecule has 14 heavy (non-hydrogen) atoms. The summed E-state index contributed by atoms with van der Waals surface area (Å²) in [5.74, 6) is 0.468. The number of rotatable bonds is 8. The normalized spacial score (nSPS) is 18.1. The van der Waals surface area contributed by atoms with Gasteiger partial charge in [-0.3, -0.25) is 4.79 Å². The molecular formula is C10H20N2O2. The van der Waals surface area contributed by atoms with Gasteiger partial charge in [-0.05, 0) is 25.2 Å². The van der Waals surface area contributed by atoms with E-state index in [1.54, 1.807) is 0 Å². The van der Waals surface area contributed by atoms with Gasteiger partial charge in [0.2, 0.25) is 5.91 Å². The van der Waals surface area contributed by atoms with Crippen molar-refractivity contribution in [1.82, 2.24) is 5.32 Å². The van der Waals surface area contributed by atoms with E-state index in [1.165, 1.54) is 19.3 Å². The zero-order valence-electron chi connectivity index (χ0n) is 8.79. The number of primary amides is 1. The molecule has 0 aromatic carbocycles. The minimum absolute atomic E-state index is 0.0297. The van der Waals surface area contributed by atoms with Crippen molar-refractivity contribution in [2.45, 2.75) is 32.2 Å². The molecule has 1 saturated carbocycles. The number of hydrogen-bond acceptors (Lipinski definition) is 3. The van der Waals surface area contributed by atoms with Crippen molar-refractivity contribution in [3.8, 4) is 0 Å². The van der Waals surface area contributed by atoms with E-state index >= 15 is 0 Å². The molecule has 1 atom stereocenters. The van der Waals surface area contributed by atoms with Crippen molar-refractivity contribution in [3.05, 3.63) is 0 Å². The van der Waals surface area contributed by atoms with Gasteiger partial charge in [0.1, 0.15) is 6.61 Å². The first kappa shape index (κ1) is 11.5. The average Bonchev–Trinajstić information content (AvgIpc) is 2.94. The number of nitrogens with one attached hydrogen (secondary N) is 1. The van der Waals surface area contributed by atoms with Crippen molar-refractivity contribution in [3.63, 3.8) is 0 Å². The van der Waals surface area contributed by atoms with E-state index < -0.39 is 5.91 Å². The van der Waals surface area contributed by atoms with E-state index in [-0.39, 0.29) is 6.61 Å². The zero-order valence-corrected chi connectivity index (χ0v) is 8.79. The monoisotopic (exact) mass is 200 g/mol. The molecule has 0 aliphatic heterocycles. The fourth-order valence-corrected chi connectivity index (χ4v) is 1.63. The summed E-state index contributed by atoms with van der Waals surface area (Å²) in [7, 11) is 0. The Hall–Kier alpha value is -0.610. The maximum absolute atomic E-state index is 10.3. The molecule has 1 fully saturated rings. The number of amides is 1. The van der Waals surface area contributed by atoms with Crippen LogP contribution in [0.2, 0.25) is 0 Å². The van der Waals surface area contributed by atoms with Crippen LogP contribution in [-0.2, 0) is 9.53 Å². The topological polar surface area (TPSA) is 64.3 Å². The Bertz CT molecular complexity index is 181. The van der Waals surface area contributed by atoms with E-state index in [2.05, 4.69) is 12.2 Å². The molecule has 0 aromatic rings. The van der Waals surface area contributed by atoms with Crippen LogP contribution in [0.15, 0.2) is 0 Å². The molecule has 1 aliphatic rings. The standard InChI is InChI=1S/C10H20N2O2/c1-2-9(8-3-4-8)12-5-6-14-7-10(11)13/h8-9,12H,2-7H2,1H3,(H2,11,13). The van der Waals surface area contributed by atoms with E-state index in [0.29, 0.717) is 12.6 Å². The fraction of sp³-hybridized carbons (Fsp3) is 0.900. The third kappa shape index (κ3) is 4.58. The molecule has 0 aromatic heterocycles. The average molecular weight is 200 g/mol. The van der Waals surface area contributed by atoms with Gasteiger partial charge in [-0.25, -0.2) is 0 Å². The van der Waals surface area contributed by atoms with Gasteiger partial charge in [0, 0.05) is 12.6 Å². The van der Waals surface area contributed by atoms with Gasteiger partial charge in [-0.1, -0.05) is 6.92 Å². The Balaban J connectivity index is 1.93. The quantitative estimate of drug-likeness (QED) is 0.553. The number of carbonyl (C=O) groups is 1. The highest BCUT2D eigenvalue weighted by Crippen LogP contribution is 2.33. The lowest BCUT2D eigenvalue weighted by molar-refractivity contribution is -0.122. The van der Waals surface area contributed by atoms with Gasteiger partial charge in [0.15, 0.2) is 0 Å². The summed E-state index contributed by atoms with van der Waals surface area (Å²) in [5.41, 5.74) is 4.93. The highest BCUT2D eigenvalue weighted by atomic mass is 16.5. The Kier molecular flexibility index (Phi) is 4.90. The molecule has 1 unspecified atom stereocenters. The molecule has 0 bridgehead atoms. The van der Waals surface area contributed by atoms with Gasteiger partial charge < -0.3 is 15.8 Å². The third-order valence-corrected chi connectivity index (χ3v) is 2.53. The molecule has 0 heterocycles. The van der Waals surface area contributed by atoms with Gasteiger partial charge in [0.25, 0.3) is 0 Å². The summed E-state index contributed by atoms with van der Waals surface area (Å²) in [6.07, 6.45) is 3.88. The van der Waals surface area contributed by atoms with Crippen molar-refractivity contribution in [2.75, 3.05) is 19.8 Å². The first-order valence-electron chi connectivity index (χ1n) is 5.33. The lowest BCUT2D eigenvalue weighted by Crippen LogP contribution is -2.33. The smallest absolute Gasteiger partial charge is 0.243 e. The number of nitrogens with two attached hydrogens (primary N) is 1. The van der Waals surface area contributed by atoms with Gasteiger partial charge in [-0.15, -0.1) is 0 Å². The van der Waals surface area contributed by atoms with Crippen LogP contribution in [-0.4, -0.2) is 31.7 Å². The van der Waals surface area contributed by atoms with E-state index in [4.69, 9.17) is 10.5 Å². The molecule has 0 spiro atoms. The first-order valence-corrected chi connectivity index (χ1v) is 5.33. The second-order valence-electron chi connectivity index (χ2n) is 3.83. The van der Waals surface area contributed by atoms with Crippen molar-refractivity contribution in [2.24, 2.45) is 11.7 Å². The van der Waals surface area contributed by atoms with Crippen LogP contribution in [0.25, 0.3) is 0 Å². The van der Waals surface area contributed by atoms with E-state index in [1.807, 2.05) is 0 Å². The van der Waals surface area contributed by atoms with Crippen molar-refractivity contribution >= 4 is 5.91 Å². The number of carbonyl (C=O) groups excluding carboxylic acids is 1. The molecule has 4 nitrogen and oxygen atoms in total. The Morgan fingerprint density at radius 2 is 2.36 bits per heavy atom. The van der Waals surface area contributed by atoms with E-state index in [0.717, 1.165) is 12.5 Å². The number of hydrogen-bond donors (Lipinski definition) is 2. The second-order valence-corrected chi connectivity index (χ2v) is 3.83. The predicted molar refractivity (Wildman–Crippen MR) is 54.8 cm³/mol. The molecule has 0 radical (unpaired) electrons. The largest absolute Gasteiger partial charge is 0.370 e. The zero-order chi connectivity index (χ0) is 10.4. The summed E-state index contributed by atoms with van der Waals surface area (Å²) in [6.45, 7) is 3.59. The van der Waals surface area contributed by atoms with Crippen LogP contribution in [0.1, 0.15) is 26.2 Å². The minimum Gasteiger partial charge on any atom is -0.370 e. The second kappa shape index (κ2) is 5.98. The molecule has 82 valence electrons. The Morgan fingerprint density at radius 1 is 1.64 bits per heavy atom. The summed E-state index contributed by atoms with van der Waals surface area (Å²) < 4.78 is 5.05. The maximum Gasteiger partial charge on any atom is 0.243 e. The summed E-state index contributed by atoms with van der Waals surface area (Å²) >= 11 is 0. The Morgan fingerprint density at radius 3 is 2.86 bits per heavy atom. The van der Waals surface area contributed by atoms with E-state index in [9.17, 15) is 4.79 Å². The maximum atomic E-state index is 10.3. The van der Waals surface area contributed by atoms with Crippen LogP contribution >= 0.6 is 0 Å². The summed E-state index contributed by atoms with van der Waals surface area (Å²) in [6, 6.07) is 0.632. The molecule has 0 saturated heterocycles. The molecular weight excluding hydrogens is 180 g/mol. The Labute approximate surface area is 85.2 Å². The first-order chi connectivity index (χ1) is 6.74. The molecule has 1 rings (SSSR count). The predicted octanol–water partition coefficient (Wildman–Crippen LogP) is 0.267. The molecule has 3 N–H and O–H groups in total. The SMILES string of the molecule is CCC(NCCOCC(N)=O)C1CC1. The van der Waals surface area contributed by atoms with Crippen LogP contribution in [0.5, 0.6) is 0 Å². The molecule has 4 heteroatoms. The van der Waals surface area contributed by atoms with Crippen LogP contribution in [0.4, 0.5) is 0 Å². The highest BCUT2D eigenvalue weighted by molar-refractivity contribution is 5.74. The molecule has 1 aliphatic carbocycles. The van der Waals surface area contributed by atoms with Crippen molar-refractivity contribution in [1.29, 1.82) is 0 Å². The van der Waals surface area contributed by atoms with Crippen LogP contribution < -0.4 is 11.1 Å². The fourth-order valence-electron chi connectivity index (χ4n) is 1.63. The molecule has 1 amide bonds. The summed E-state index contributed by atoms with van der Waals surface area (Å²) in [5, 5.41) is 3.43. The summed E-state index contributed by atoms with van der Waals surface area (Å²) in [4.78, 5) is 10.3. The van der Waals surface area contributed by atoms with Crippen LogP contribution in [0, 0.1) is 5.92 Å². The lowest BCUT2D eigenvalue weighted by atomic mass is 10.1. The van der Waals surface area contributed by atoms with Gasteiger partial charge in [-0.2, -0.15) is 0 Å². The van der Waals surface area contributed by atoms with Crippen molar-refractivity contribution < 1.29 is 9.53 Å². The van der Waals surface area contributed by atoms with Gasteiger partial charge in [0.05, 0.1) is 6.61 Å². The third-order valence-electron chi connectivity index (χ3n) is 2.53. The van der Waals surface area contributed by atoms with Gasteiger partial charge >= 0.3 is 0 Å². The number of ether oxygens (including phenoxy) is 1.